The molecule has 0 aliphatic rings. The van der Waals surface area contributed by atoms with Gasteiger partial charge in [-0.25, -0.2) is 9.97 Å². The second-order valence-electron chi connectivity index (χ2n) is 4.32. The first-order valence-electron chi connectivity index (χ1n) is 5.86. The van der Waals surface area contributed by atoms with Crippen LogP contribution in [0.15, 0.2) is 28.1 Å². The zero-order chi connectivity index (χ0) is 13.4. The van der Waals surface area contributed by atoms with E-state index in [1.807, 2.05) is 19.1 Å². The number of hydrogen-bond donors (Lipinski definition) is 1. The largest absolute Gasteiger partial charge is 0.353 e. The highest BCUT2D eigenvalue weighted by Gasteiger charge is 2.12. The molecule has 1 unspecified atom stereocenters. The predicted octanol–water partition coefficient (Wildman–Crippen LogP) is 5.00. The van der Waals surface area contributed by atoms with Gasteiger partial charge in [0.25, 0.3) is 0 Å². The van der Waals surface area contributed by atoms with E-state index in [0.717, 1.165) is 25.8 Å². The Labute approximate surface area is 127 Å². The smallest absolute Gasteiger partial charge is 0.184 e. The molecule has 6 heteroatoms. The zero-order valence-corrected chi connectivity index (χ0v) is 13.7. The van der Waals surface area contributed by atoms with Gasteiger partial charge in [0.15, 0.2) is 5.13 Å². The summed E-state index contributed by atoms with van der Waals surface area (Å²) in [6.07, 6.45) is 0. The van der Waals surface area contributed by atoms with E-state index in [9.17, 15) is 0 Å². The van der Waals surface area contributed by atoms with Crippen molar-refractivity contribution in [1.29, 1.82) is 0 Å². The van der Waals surface area contributed by atoms with Crippen LogP contribution in [0.5, 0.6) is 0 Å². The number of nitrogens with zero attached hydrogens (tertiary/aromatic N) is 2. The Morgan fingerprint density at radius 3 is 2.89 bits per heavy atom. The molecule has 0 saturated heterocycles. The fourth-order valence-corrected chi connectivity index (χ4v) is 3.87. The van der Waals surface area contributed by atoms with E-state index in [4.69, 9.17) is 0 Å². The van der Waals surface area contributed by atoms with Crippen LogP contribution < -0.4 is 5.32 Å². The topological polar surface area (TPSA) is 37.8 Å². The SMILES string of the molecule is Cc1csc(C(C)Nc2nc3cc(Br)ccc3s2)n1. The van der Waals surface area contributed by atoms with Crippen molar-refractivity contribution in [2.24, 2.45) is 0 Å². The van der Waals surface area contributed by atoms with E-state index in [0.29, 0.717) is 0 Å². The first-order chi connectivity index (χ1) is 9.11. The summed E-state index contributed by atoms with van der Waals surface area (Å²) in [5.74, 6) is 0. The summed E-state index contributed by atoms with van der Waals surface area (Å²) in [4.78, 5) is 9.10. The van der Waals surface area contributed by atoms with Crippen LogP contribution in [0.25, 0.3) is 10.2 Å². The molecule has 0 spiro atoms. The molecule has 19 heavy (non-hydrogen) atoms. The van der Waals surface area contributed by atoms with Crippen molar-refractivity contribution in [2.75, 3.05) is 5.32 Å². The maximum atomic E-state index is 4.60. The van der Waals surface area contributed by atoms with Crippen LogP contribution in [0.2, 0.25) is 0 Å². The van der Waals surface area contributed by atoms with Crippen molar-refractivity contribution in [3.05, 3.63) is 38.8 Å². The van der Waals surface area contributed by atoms with Gasteiger partial charge in [-0.05, 0) is 32.0 Å². The van der Waals surface area contributed by atoms with E-state index in [1.54, 1.807) is 22.7 Å². The van der Waals surface area contributed by atoms with E-state index < -0.39 is 0 Å². The Morgan fingerprint density at radius 1 is 1.32 bits per heavy atom. The molecule has 0 aliphatic carbocycles. The molecule has 1 atom stereocenters. The number of halogens is 1. The van der Waals surface area contributed by atoms with E-state index >= 15 is 0 Å². The minimum absolute atomic E-state index is 0.183. The summed E-state index contributed by atoms with van der Waals surface area (Å²) in [5.41, 5.74) is 2.09. The van der Waals surface area contributed by atoms with Crippen molar-refractivity contribution in [3.8, 4) is 0 Å². The number of benzene rings is 1. The van der Waals surface area contributed by atoms with Gasteiger partial charge in [-0.1, -0.05) is 27.3 Å². The summed E-state index contributed by atoms with van der Waals surface area (Å²) in [7, 11) is 0. The summed E-state index contributed by atoms with van der Waals surface area (Å²) in [6.45, 7) is 4.13. The molecule has 1 N–H and O–H groups in total. The molecular formula is C13H12BrN3S2. The van der Waals surface area contributed by atoms with Crippen molar-refractivity contribution in [1.82, 2.24) is 9.97 Å². The van der Waals surface area contributed by atoms with E-state index in [-0.39, 0.29) is 6.04 Å². The average molecular weight is 354 g/mol. The van der Waals surface area contributed by atoms with Crippen molar-refractivity contribution in [2.45, 2.75) is 19.9 Å². The van der Waals surface area contributed by atoms with Gasteiger partial charge in [0.2, 0.25) is 0 Å². The highest BCUT2D eigenvalue weighted by molar-refractivity contribution is 9.10. The summed E-state index contributed by atoms with van der Waals surface area (Å²) in [6, 6.07) is 6.34. The Morgan fingerprint density at radius 2 is 2.16 bits per heavy atom. The molecule has 2 aromatic heterocycles. The van der Waals surface area contributed by atoms with Gasteiger partial charge in [0.05, 0.1) is 16.3 Å². The van der Waals surface area contributed by atoms with Crippen LogP contribution in [0.4, 0.5) is 5.13 Å². The minimum atomic E-state index is 0.183. The standard InChI is InChI=1S/C13H12BrN3S2/c1-7-6-18-12(15-7)8(2)16-13-17-10-5-9(14)3-4-11(10)19-13/h3-6,8H,1-2H3,(H,16,17). The van der Waals surface area contributed by atoms with Crippen molar-refractivity contribution in [3.63, 3.8) is 0 Å². The van der Waals surface area contributed by atoms with Gasteiger partial charge < -0.3 is 5.32 Å². The van der Waals surface area contributed by atoms with Crippen LogP contribution in [0, 0.1) is 6.92 Å². The molecule has 3 nitrogen and oxygen atoms in total. The number of fused-ring (bicyclic) bond motifs is 1. The fourth-order valence-electron chi connectivity index (χ4n) is 1.78. The highest BCUT2D eigenvalue weighted by atomic mass is 79.9. The number of rotatable bonds is 3. The zero-order valence-electron chi connectivity index (χ0n) is 10.5. The Kier molecular flexibility index (Phi) is 3.56. The molecule has 2 heterocycles. The van der Waals surface area contributed by atoms with Crippen LogP contribution in [-0.4, -0.2) is 9.97 Å². The maximum absolute atomic E-state index is 4.60. The van der Waals surface area contributed by atoms with Gasteiger partial charge in [0.1, 0.15) is 5.01 Å². The Hall–Kier alpha value is -0.980. The number of aromatic nitrogens is 2. The molecular weight excluding hydrogens is 342 g/mol. The van der Waals surface area contributed by atoms with Gasteiger partial charge in [0, 0.05) is 15.5 Å². The van der Waals surface area contributed by atoms with Crippen LogP contribution in [-0.2, 0) is 0 Å². The first kappa shape index (κ1) is 13.0. The lowest BCUT2D eigenvalue weighted by atomic mass is 10.3. The van der Waals surface area contributed by atoms with Gasteiger partial charge in [-0.3, -0.25) is 0 Å². The summed E-state index contributed by atoms with van der Waals surface area (Å²) in [5, 5.41) is 7.53. The fraction of sp³-hybridized carbons (Fsp3) is 0.231. The summed E-state index contributed by atoms with van der Waals surface area (Å²) >= 11 is 6.82. The van der Waals surface area contributed by atoms with E-state index in [1.165, 1.54) is 4.70 Å². The second kappa shape index (κ2) is 5.19. The van der Waals surface area contributed by atoms with Crippen molar-refractivity contribution >= 4 is 54.0 Å². The van der Waals surface area contributed by atoms with E-state index in [2.05, 4.69) is 49.6 Å². The normalized spacial score (nSPS) is 12.8. The molecule has 0 saturated carbocycles. The quantitative estimate of drug-likeness (QED) is 0.720. The lowest BCUT2D eigenvalue weighted by Gasteiger charge is -2.08. The third-order valence-corrected chi connectivity index (χ3v) is 5.30. The van der Waals surface area contributed by atoms with Crippen LogP contribution >= 0.6 is 38.6 Å². The Balaban J connectivity index is 1.85. The lowest BCUT2D eigenvalue weighted by molar-refractivity contribution is 0.862. The molecule has 98 valence electrons. The monoisotopic (exact) mass is 353 g/mol. The third kappa shape index (κ3) is 2.80. The third-order valence-electron chi connectivity index (χ3n) is 2.70. The number of thiazole rings is 2. The molecule has 0 aliphatic heterocycles. The molecule has 0 bridgehead atoms. The van der Waals surface area contributed by atoms with Gasteiger partial charge in [-0.15, -0.1) is 11.3 Å². The van der Waals surface area contributed by atoms with Crippen LogP contribution in [0.3, 0.4) is 0 Å². The highest BCUT2D eigenvalue weighted by Crippen LogP contribution is 2.30. The minimum Gasteiger partial charge on any atom is -0.353 e. The number of hydrogen-bond acceptors (Lipinski definition) is 5. The molecule has 0 amide bonds. The average Bonchev–Trinajstić information content (AvgIpc) is 2.94. The lowest BCUT2D eigenvalue weighted by Crippen LogP contribution is -2.05. The van der Waals surface area contributed by atoms with Crippen LogP contribution in [0.1, 0.15) is 23.7 Å². The molecule has 1 aromatic carbocycles. The number of anilines is 1. The molecule has 3 rings (SSSR count). The number of nitrogens with one attached hydrogen (secondary N) is 1. The second-order valence-corrected chi connectivity index (χ2v) is 7.16. The van der Waals surface area contributed by atoms with Gasteiger partial charge in [-0.2, -0.15) is 0 Å². The first-order valence-corrected chi connectivity index (χ1v) is 8.35. The van der Waals surface area contributed by atoms with Crippen molar-refractivity contribution < 1.29 is 0 Å². The Bertz CT molecular complexity index is 720. The molecule has 3 aromatic rings. The maximum Gasteiger partial charge on any atom is 0.184 e. The number of aryl methyl sites for hydroxylation is 1. The van der Waals surface area contributed by atoms with Gasteiger partial charge >= 0.3 is 0 Å². The molecule has 0 fully saturated rings. The molecule has 0 radical (unpaired) electrons. The predicted molar refractivity (Wildman–Crippen MR) is 86.2 cm³/mol. The summed E-state index contributed by atoms with van der Waals surface area (Å²) < 4.78 is 2.24.